The van der Waals surface area contributed by atoms with Gasteiger partial charge in [0.1, 0.15) is 11.5 Å². The summed E-state index contributed by atoms with van der Waals surface area (Å²) in [5, 5.41) is 20.8. The van der Waals surface area contributed by atoms with Crippen LogP contribution in [0.4, 0.5) is 0 Å². The van der Waals surface area contributed by atoms with Crippen molar-refractivity contribution in [1.82, 2.24) is 0 Å². The summed E-state index contributed by atoms with van der Waals surface area (Å²) < 4.78 is 6.05. The molecule has 0 unspecified atom stereocenters. The largest absolute Gasteiger partial charge is 0.508 e. The normalized spacial score (nSPS) is 43.1. The molecule has 0 bridgehead atoms. The standard InChI is InChI=1S/C28H38O4/c1-18(29)23-10-11-24-22-9-6-20-16-28(31,32-17-19-4-7-21(30)8-5-19)15-14-26(20,2)25(22)12-13-27(23,24)3/h4-8,22-25,30-31H,9-17H2,1-3H3/t22-,23+,24-,25-,26-,27+,28+/m0/s1. The SMILES string of the molecule is CC(=O)[C@H]1CC[C@H]2[C@@H]3CC=C4C[C@](O)(OCc5ccc(O)cc5)CC[C@]4(C)[C@H]3CC[C@]12C. The summed E-state index contributed by atoms with van der Waals surface area (Å²) in [5.41, 5.74) is 2.64. The smallest absolute Gasteiger partial charge is 0.169 e. The summed E-state index contributed by atoms with van der Waals surface area (Å²) in [4.78, 5) is 12.3. The Morgan fingerprint density at radius 2 is 1.81 bits per heavy atom. The van der Waals surface area contributed by atoms with Crippen LogP contribution in [0.15, 0.2) is 35.9 Å². The summed E-state index contributed by atoms with van der Waals surface area (Å²) in [7, 11) is 0. The molecular weight excluding hydrogens is 400 g/mol. The Labute approximate surface area is 192 Å². The lowest BCUT2D eigenvalue weighted by molar-refractivity contribution is -0.231. The number of benzene rings is 1. The molecule has 0 aromatic heterocycles. The van der Waals surface area contributed by atoms with E-state index in [0.717, 1.165) is 31.2 Å². The predicted molar refractivity (Wildman–Crippen MR) is 124 cm³/mol. The van der Waals surface area contributed by atoms with E-state index >= 15 is 0 Å². The summed E-state index contributed by atoms with van der Waals surface area (Å²) in [6.45, 7) is 6.96. The number of fused-ring (bicyclic) bond motifs is 5. The third kappa shape index (κ3) is 3.45. The van der Waals surface area contributed by atoms with Crippen molar-refractivity contribution in [2.24, 2.45) is 34.5 Å². The molecule has 3 fully saturated rings. The second-order valence-corrected chi connectivity index (χ2v) is 11.6. The van der Waals surface area contributed by atoms with Gasteiger partial charge in [-0.05, 0) is 91.7 Å². The van der Waals surface area contributed by atoms with Crippen molar-refractivity contribution in [2.75, 3.05) is 0 Å². The van der Waals surface area contributed by atoms with E-state index in [4.69, 9.17) is 4.74 Å². The summed E-state index contributed by atoms with van der Waals surface area (Å²) in [6.07, 6.45) is 10.3. The van der Waals surface area contributed by atoms with Gasteiger partial charge in [0.25, 0.3) is 0 Å². The van der Waals surface area contributed by atoms with Crippen LogP contribution in [0.1, 0.15) is 77.7 Å². The van der Waals surface area contributed by atoms with Gasteiger partial charge in [-0.1, -0.05) is 37.6 Å². The van der Waals surface area contributed by atoms with Gasteiger partial charge in [-0.15, -0.1) is 0 Å². The summed E-state index contributed by atoms with van der Waals surface area (Å²) >= 11 is 0. The lowest BCUT2D eigenvalue weighted by atomic mass is 9.47. The topological polar surface area (TPSA) is 66.8 Å². The third-order valence-electron chi connectivity index (χ3n) is 10.1. The van der Waals surface area contributed by atoms with Crippen molar-refractivity contribution in [2.45, 2.75) is 84.5 Å². The van der Waals surface area contributed by atoms with Crippen molar-refractivity contribution < 1.29 is 19.7 Å². The Bertz CT molecular complexity index is 920. The molecule has 5 rings (SSSR count). The number of aliphatic hydroxyl groups is 1. The predicted octanol–water partition coefficient (Wildman–Crippen LogP) is 5.77. The molecule has 1 aromatic carbocycles. The minimum Gasteiger partial charge on any atom is -0.508 e. The number of carbonyl (C=O) groups is 1. The van der Waals surface area contributed by atoms with Crippen molar-refractivity contribution in [3.8, 4) is 5.75 Å². The van der Waals surface area contributed by atoms with Crippen LogP contribution in [0.3, 0.4) is 0 Å². The molecule has 0 heterocycles. The van der Waals surface area contributed by atoms with E-state index in [2.05, 4.69) is 19.9 Å². The molecule has 0 saturated heterocycles. The van der Waals surface area contributed by atoms with E-state index in [0.29, 0.717) is 43.0 Å². The van der Waals surface area contributed by atoms with Gasteiger partial charge >= 0.3 is 0 Å². The number of carbonyl (C=O) groups excluding carboxylic acids is 1. The number of allylic oxidation sites excluding steroid dienone is 1. The van der Waals surface area contributed by atoms with Crippen LogP contribution in [0, 0.1) is 34.5 Å². The van der Waals surface area contributed by atoms with Crippen molar-refractivity contribution in [3.05, 3.63) is 41.5 Å². The highest BCUT2D eigenvalue weighted by Crippen LogP contribution is 2.66. The average Bonchev–Trinajstić information content (AvgIpc) is 3.12. The van der Waals surface area contributed by atoms with Crippen LogP contribution in [0.2, 0.25) is 0 Å². The number of aromatic hydroxyl groups is 1. The van der Waals surface area contributed by atoms with Gasteiger partial charge in [-0.25, -0.2) is 0 Å². The first-order chi connectivity index (χ1) is 15.1. The molecule has 4 heteroatoms. The van der Waals surface area contributed by atoms with E-state index in [1.165, 1.54) is 18.4 Å². The van der Waals surface area contributed by atoms with Gasteiger partial charge in [0.15, 0.2) is 5.79 Å². The van der Waals surface area contributed by atoms with Crippen molar-refractivity contribution in [3.63, 3.8) is 0 Å². The van der Waals surface area contributed by atoms with Gasteiger partial charge in [0, 0.05) is 18.8 Å². The van der Waals surface area contributed by atoms with Crippen molar-refractivity contribution in [1.29, 1.82) is 0 Å². The highest BCUT2D eigenvalue weighted by atomic mass is 16.6. The fourth-order valence-electron chi connectivity index (χ4n) is 8.22. The maximum atomic E-state index is 12.3. The lowest BCUT2D eigenvalue weighted by Crippen LogP contribution is -2.52. The molecule has 174 valence electrons. The van der Waals surface area contributed by atoms with Crippen LogP contribution >= 0.6 is 0 Å². The highest BCUT2D eigenvalue weighted by Gasteiger charge is 2.60. The zero-order valence-electron chi connectivity index (χ0n) is 19.8. The molecule has 4 nitrogen and oxygen atoms in total. The first-order valence-electron chi connectivity index (χ1n) is 12.5. The van der Waals surface area contributed by atoms with E-state index < -0.39 is 5.79 Å². The molecule has 0 aliphatic heterocycles. The molecule has 3 saturated carbocycles. The second kappa shape index (κ2) is 7.70. The number of hydrogen-bond donors (Lipinski definition) is 2. The Morgan fingerprint density at radius 1 is 1.06 bits per heavy atom. The number of phenolic OH excluding ortho intramolecular Hbond substituents is 1. The Balaban J connectivity index is 1.32. The van der Waals surface area contributed by atoms with Gasteiger partial charge in [0.05, 0.1) is 6.61 Å². The quantitative estimate of drug-likeness (QED) is 0.463. The second-order valence-electron chi connectivity index (χ2n) is 11.6. The zero-order valence-corrected chi connectivity index (χ0v) is 19.8. The highest BCUT2D eigenvalue weighted by molar-refractivity contribution is 5.79. The van der Waals surface area contributed by atoms with Gasteiger partial charge in [-0.2, -0.15) is 0 Å². The van der Waals surface area contributed by atoms with E-state index in [9.17, 15) is 15.0 Å². The molecule has 32 heavy (non-hydrogen) atoms. The Morgan fingerprint density at radius 3 is 2.53 bits per heavy atom. The fraction of sp³-hybridized carbons (Fsp3) is 0.679. The fourth-order valence-corrected chi connectivity index (χ4v) is 8.22. The molecule has 7 atom stereocenters. The zero-order chi connectivity index (χ0) is 22.7. The summed E-state index contributed by atoms with van der Waals surface area (Å²) in [6, 6.07) is 6.98. The number of Topliss-reactive ketones (excluding diaryl/α,β-unsaturated/α-hetero) is 1. The molecular formula is C28H38O4. The summed E-state index contributed by atoms with van der Waals surface area (Å²) in [5.74, 6) is 1.71. The van der Waals surface area contributed by atoms with E-state index in [1.807, 2.05) is 12.1 Å². The van der Waals surface area contributed by atoms with Crippen LogP contribution in [0.25, 0.3) is 0 Å². The maximum Gasteiger partial charge on any atom is 0.169 e. The number of ketones is 1. The average molecular weight is 439 g/mol. The Hall–Kier alpha value is -1.65. The van der Waals surface area contributed by atoms with Crippen LogP contribution in [-0.4, -0.2) is 21.8 Å². The molecule has 0 amide bonds. The lowest BCUT2D eigenvalue weighted by Gasteiger charge is -2.58. The van der Waals surface area contributed by atoms with Crippen LogP contribution in [-0.2, 0) is 16.1 Å². The van der Waals surface area contributed by atoms with Gasteiger partial charge in [0.2, 0.25) is 0 Å². The number of phenols is 1. The van der Waals surface area contributed by atoms with Crippen LogP contribution in [0.5, 0.6) is 5.75 Å². The monoisotopic (exact) mass is 438 g/mol. The number of ether oxygens (including phenoxy) is 1. The molecule has 0 spiro atoms. The first-order valence-corrected chi connectivity index (χ1v) is 12.5. The molecule has 0 radical (unpaired) electrons. The van der Waals surface area contributed by atoms with Crippen molar-refractivity contribution >= 4 is 5.78 Å². The molecule has 4 aliphatic rings. The Kier molecular flexibility index (Phi) is 5.33. The molecule has 2 N–H and O–H groups in total. The minimum atomic E-state index is -1.12. The first kappa shape index (κ1) is 22.2. The molecule has 4 aliphatic carbocycles. The minimum absolute atomic E-state index is 0.132. The van der Waals surface area contributed by atoms with Gasteiger partial charge < -0.3 is 14.9 Å². The van der Waals surface area contributed by atoms with Crippen LogP contribution < -0.4 is 0 Å². The maximum absolute atomic E-state index is 12.3. The van der Waals surface area contributed by atoms with E-state index in [1.54, 1.807) is 19.1 Å². The van der Waals surface area contributed by atoms with Gasteiger partial charge in [-0.3, -0.25) is 4.79 Å². The van der Waals surface area contributed by atoms with E-state index in [-0.39, 0.29) is 22.5 Å². The molecule has 1 aromatic rings. The number of hydrogen-bond acceptors (Lipinski definition) is 4. The third-order valence-corrected chi connectivity index (χ3v) is 10.1. The number of rotatable bonds is 4.